The summed E-state index contributed by atoms with van der Waals surface area (Å²) in [6.45, 7) is 3.49. The Balaban J connectivity index is 2.60. The number of rotatable bonds is 9. The van der Waals surface area contributed by atoms with Gasteiger partial charge in [0, 0.05) is 24.8 Å². The smallest absolute Gasteiger partial charge is 0.294 e. The van der Waals surface area contributed by atoms with Crippen LogP contribution < -0.4 is 0 Å². The van der Waals surface area contributed by atoms with Crippen LogP contribution in [0, 0.1) is 5.53 Å². The van der Waals surface area contributed by atoms with Crippen molar-refractivity contribution in [1.82, 2.24) is 0 Å². The molecule has 0 radical (unpaired) electrons. The maximum atomic E-state index is 11.9. The number of benzene rings is 1. The van der Waals surface area contributed by atoms with Gasteiger partial charge in [-0.25, -0.2) is 0 Å². The highest BCUT2D eigenvalue weighted by Crippen LogP contribution is 2.06. The van der Waals surface area contributed by atoms with E-state index in [1.165, 1.54) is 0 Å². The fourth-order valence-electron chi connectivity index (χ4n) is 1.75. The zero-order chi connectivity index (χ0) is 15.7. The van der Waals surface area contributed by atoms with Gasteiger partial charge in [0.2, 0.25) is 0 Å². The van der Waals surface area contributed by atoms with E-state index in [1.807, 2.05) is 0 Å². The molecule has 1 aromatic carbocycles. The zero-order valence-corrected chi connectivity index (χ0v) is 11.7. The van der Waals surface area contributed by atoms with Crippen LogP contribution in [-0.2, 0) is 9.59 Å². The van der Waals surface area contributed by atoms with E-state index in [0.717, 1.165) is 0 Å². The lowest BCUT2D eigenvalue weighted by molar-refractivity contribution is -0.144. The topological polar surface area (TPSA) is 89.2 Å². The standard InChI is InChI=1S/C16H17N2O3/c1-2-3-9-14(20)16(18-17)15(21)11-10-13(19)12-7-5-4-6-8-12/h2,4-8,17H,1,3,9-11H2/q+1. The molecule has 0 spiro atoms. The molecule has 0 bridgehead atoms. The Morgan fingerprint density at radius 3 is 2.24 bits per heavy atom. The van der Waals surface area contributed by atoms with Crippen LogP contribution >= 0.6 is 0 Å². The van der Waals surface area contributed by atoms with Crippen molar-refractivity contribution in [2.24, 2.45) is 0 Å². The van der Waals surface area contributed by atoms with Gasteiger partial charge in [-0.2, -0.15) is 0 Å². The number of Topliss-reactive ketones (excluding diaryl/α,β-unsaturated/α-hetero) is 3. The Kier molecular flexibility index (Phi) is 6.65. The number of ketones is 3. The molecule has 0 unspecified atom stereocenters. The lowest BCUT2D eigenvalue weighted by Crippen LogP contribution is -2.25. The largest absolute Gasteiger partial charge is 0.449 e. The molecule has 1 aromatic rings. The minimum atomic E-state index is -0.566. The third-order valence-corrected chi connectivity index (χ3v) is 2.89. The van der Waals surface area contributed by atoms with Crippen LogP contribution in [0.25, 0.3) is 0 Å². The Hall–Kier alpha value is -2.65. The Morgan fingerprint density at radius 2 is 1.67 bits per heavy atom. The summed E-state index contributed by atoms with van der Waals surface area (Å²) in [6, 6.07) is 8.61. The molecule has 0 fully saturated rings. The first-order valence-electron chi connectivity index (χ1n) is 6.60. The minimum Gasteiger partial charge on any atom is -0.294 e. The van der Waals surface area contributed by atoms with Gasteiger partial charge in [0.25, 0.3) is 11.6 Å². The molecule has 0 aliphatic heterocycles. The fourth-order valence-corrected chi connectivity index (χ4v) is 1.75. The molecular weight excluding hydrogens is 268 g/mol. The van der Waals surface area contributed by atoms with Crippen molar-refractivity contribution in [3.05, 3.63) is 48.6 Å². The van der Waals surface area contributed by atoms with Crippen molar-refractivity contribution in [1.29, 1.82) is 5.53 Å². The quantitative estimate of drug-likeness (QED) is 0.189. The van der Waals surface area contributed by atoms with E-state index < -0.39 is 17.3 Å². The molecule has 1 rings (SSSR count). The number of hydrogen-bond acceptors (Lipinski definition) is 4. The SMILES string of the molecule is C=CCCC(=O)C(=[N+]=N)C(=O)CCC(=O)c1ccccc1. The minimum absolute atomic E-state index is 0.00337. The van der Waals surface area contributed by atoms with Crippen molar-refractivity contribution >= 4 is 23.1 Å². The van der Waals surface area contributed by atoms with Gasteiger partial charge in [-0.15, -0.1) is 6.58 Å². The average Bonchev–Trinajstić information content (AvgIpc) is 2.52. The first-order chi connectivity index (χ1) is 10.1. The van der Waals surface area contributed by atoms with Crippen LogP contribution in [0.4, 0.5) is 0 Å². The summed E-state index contributed by atoms with van der Waals surface area (Å²) >= 11 is 0. The maximum absolute atomic E-state index is 11.9. The number of hydrogen-bond donors (Lipinski definition) is 1. The van der Waals surface area contributed by atoms with Gasteiger partial charge in [0.05, 0.1) is 10.3 Å². The summed E-state index contributed by atoms with van der Waals surface area (Å²) in [4.78, 5) is 38.4. The maximum Gasteiger partial charge on any atom is 0.449 e. The van der Waals surface area contributed by atoms with Crippen LogP contribution in [0.15, 0.2) is 43.0 Å². The molecule has 0 aromatic heterocycles. The monoisotopic (exact) mass is 285 g/mol. The Bertz CT molecular complexity index is 599. The van der Waals surface area contributed by atoms with Crippen molar-refractivity contribution < 1.29 is 19.2 Å². The predicted molar refractivity (Wildman–Crippen MR) is 77.4 cm³/mol. The molecule has 108 valence electrons. The van der Waals surface area contributed by atoms with E-state index in [2.05, 4.69) is 11.4 Å². The van der Waals surface area contributed by atoms with E-state index in [4.69, 9.17) is 5.53 Å². The van der Waals surface area contributed by atoms with Crippen LogP contribution in [-0.4, -0.2) is 27.9 Å². The van der Waals surface area contributed by atoms with Gasteiger partial charge in [-0.3, -0.25) is 14.4 Å². The molecule has 0 saturated carbocycles. The third kappa shape index (κ3) is 5.09. The van der Waals surface area contributed by atoms with Crippen molar-refractivity contribution in [3.63, 3.8) is 0 Å². The molecule has 0 heterocycles. The van der Waals surface area contributed by atoms with E-state index in [9.17, 15) is 14.4 Å². The Morgan fingerprint density at radius 1 is 1.05 bits per heavy atom. The molecule has 5 heteroatoms. The summed E-state index contributed by atoms with van der Waals surface area (Å²) in [5.74, 6) is -1.22. The second-order valence-corrected chi connectivity index (χ2v) is 4.42. The van der Waals surface area contributed by atoms with Gasteiger partial charge in [0.1, 0.15) is 0 Å². The van der Waals surface area contributed by atoms with E-state index in [1.54, 1.807) is 36.4 Å². The zero-order valence-electron chi connectivity index (χ0n) is 11.7. The molecule has 0 atom stereocenters. The Labute approximate surface area is 122 Å². The molecule has 1 N–H and O–H groups in total. The van der Waals surface area contributed by atoms with Gasteiger partial charge < -0.3 is 0 Å². The number of carbonyl (C=O) groups is 3. The summed E-state index contributed by atoms with van der Waals surface area (Å²) in [7, 11) is 0. The highest BCUT2D eigenvalue weighted by Gasteiger charge is 2.30. The number of nitrogens with zero attached hydrogens (tertiary/aromatic N) is 1. The number of allylic oxidation sites excluding steroid dienone is 1. The third-order valence-electron chi connectivity index (χ3n) is 2.89. The summed E-state index contributed by atoms with van der Waals surface area (Å²) in [5.41, 5.74) is 7.07. The van der Waals surface area contributed by atoms with E-state index in [0.29, 0.717) is 12.0 Å². The van der Waals surface area contributed by atoms with E-state index >= 15 is 0 Å². The van der Waals surface area contributed by atoms with Crippen LogP contribution in [0.5, 0.6) is 0 Å². The molecule has 0 aliphatic carbocycles. The predicted octanol–water partition coefficient (Wildman–Crippen LogP) is 2.43. The second kappa shape index (κ2) is 8.51. The van der Waals surface area contributed by atoms with Crippen molar-refractivity contribution in [2.75, 3.05) is 0 Å². The van der Waals surface area contributed by atoms with Gasteiger partial charge in [-0.05, 0) is 6.42 Å². The summed E-state index contributed by atoms with van der Waals surface area (Å²) in [5, 5.41) is 0. The van der Waals surface area contributed by atoms with Gasteiger partial charge >= 0.3 is 5.71 Å². The summed E-state index contributed by atoms with van der Waals surface area (Å²) in [6.07, 6.45) is 1.96. The highest BCUT2D eigenvalue weighted by molar-refractivity contribution is 6.64. The lowest BCUT2D eigenvalue weighted by atomic mass is 10.0. The molecule has 21 heavy (non-hydrogen) atoms. The number of nitrogens with one attached hydrogen (secondary N) is 1. The number of carbonyl (C=O) groups excluding carboxylic acids is 3. The second-order valence-electron chi connectivity index (χ2n) is 4.42. The summed E-state index contributed by atoms with van der Waals surface area (Å²) < 4.78 is 0. The van der Waals surface area contributed by atoms with Crippen LogP contribution in [0.1, 0.15) is 36.0 Å². The highest BCUT2D eigenvalue weighted by atomic mass is 16.2. The van der Waals surface area contributed by atoms with E-state index in [-0.39, 0.29) is 25.0 Å². The lowest BCUT2D eigenvalue weighted by Gasteiger charge is -1.98. The van der Waals surface area contributed by atoms with Crippen molar-refractivity contribution in [3.8, 4) is 0 Å². The first-order valence-corrected chi connectivity index (χ1v) is 6.60. The van der Waals surface area contributed by atoms with Gasteiger partial charge in [0.15, 0.2) is 5.78 Å². The fraction of sp³-hybridized carbons (Fsp3) is 0.250. The average molecular weight is 285 g/mol. The molecular formula is C16H17N2O3+. The van der Waals surface area contributed by atoms with Crippen molar-refractivity contribution in [2.45, 2.75) is 25.7 Å². The normalized spacial score (nSPS) is 9.52. The molecule has 0 aliphatic rings. The molecule has 0 saturated heterocycles. The molecule has 5 nitrogen and oxygen atoms in total. The van der Waals surface area contributed by atoms with Crippen LogP contribution in [0.2, 0.25) is 0 Å². The molecule has 0 amide bonds. The van der Waals surface area contributed by atoms with Gasteiger partial charge in [-0.1, -0.05) is 36.4 Å². The van der Waals surface area contributed by atoms with Crippen LogP contribution in [0.3, 0.4) is 0 Å². The first kappa shape index (κ1) is 16.4.